The van der Waals surface area contributed by atoms with E-state index in [-0.39, 0.29) is 6.61 Å². The molecule has 3 nitrogen and oxygen atoms in total. The van der Waals surface area contributed by atoms with Crippen LogP contribution in [-0.4, -0.2) is 25.9 Å². The summed E-state index contributed by atoms with van der Waals surface area (Å²) in [7, 11) is 0. The third kappa shape index (κ3) is 6.11. The molecule has 1 aromatic rings. The Balaban J connectivity index is 2.16. The maximum Gasteiger partial charge on any atom is 0.411 e. The van der Waals surface area contributed by atoms with E-state index < -0.39 is 12.8 Å². The van der Waals surface area contributed by atoms with E-state index in [2.05, 4.69) is 10.1 Å². The van der Waals surface area contributed by atoms with Gasteiger partial charge in [0.1, 0.15) is 6.61 Å². The Hall–Kier alpha value is -1.74. The lowest BCUT2D eigenvalue weighted by Crippen LogP contribution is -2.18. The van der Waals surface area contributed by atoms with Crippen LogP contribution in [-0.2, 0) is 4.74 Å². The average molecular weight is 258 g/mol. The van der Waals surface area contributed by atoms with Crippen LogP contribution in [0.5, 0.6) is 0 Å². The van der Waals surface area contributed by atoms with Gasteiger partial charge in [-0.05, 0) is 24.6 Å². The van der Waals surface area contributed by atoms with Crippen LogP contribution in [0.1, 0.15) is 12.0 Å². The van der Waals surface area contributed by atoms with Crippen molar-refractivity contribution in [3.8, 4) is 6.07 Å². The van der Waals surface area contributed by atoms with Gasteiger partial charge in [-0.1, -0.05) is 6.07 Å². The van der Waals surface area contributed by atoms with Crippen molar-refractivity contribution in [1.82, 2.24) is 0 Å². The maximum absolute atomic E-state index is 11.7. The van der Waals surface area contributed by atoms with Crippen molar-refractivity contribution in [3.05, 3.63) is 29.8 Å². The molecular formula is C12H13F3N2O. The van der Waals surface area contributed by atoms with Crippen LogP contribution >= 0.6 is 0 Å². The van der Waals surface area contributed by atoms with Gasteiger partial charge in [-0.3, -0.25) is 0 Å². The number of hydrogen-bond donors (Lipinski definition) is 1. The average Bonchev–Trinajstić information content (AvgIpc) is 2.32. The zero-order chi connectivity index (χ0) is 13.4. The fraction of sp³-hybridized carbons (Fsp3) is 0.417. The van der Waals surface area contributed by atoms with Crippen LogP contribution in [0.3, 0.4) is 0 Å². The van der Waals surface area contributed by atoms with Crippen molar-refractivity contribution in [2.24, 2.45) is 0 Å². The van der Waals surface area contributed by atoms with Gasteiger partial charge in [0.25, 0.3) is 0 Å². The highest BCUT2D eigenvalue weighted by molar-refractivity contribution is 5.48. The molecule has 0 saturated heterocycles. The molecule has 1 N–H and O–H groups in total. The lowest BCUT2D eigenvalue weighted by molar-refractivity contribution is -0.173. The number of ether oxygens (including phenoxy) is 1. The molecule has 0 aliphatic rings. The maximum atomic E-state index is 11.7. The Morgan fingerprint density at radius 2 is 2.11 bits per heavy atom. The summed E-state index contributed by atoms with van der Waals surface area (Å²) in [6.07, 6.45) is -3.80. The number of benzene rings is 1. The first-order chi connectivity index (χ1) is 8.51. The van der Waals surface area contributed by atoms with Gasteiger partial charge in [-0.25, -0.2) is 0 Å². The fourth-order valence-electron chi connectivity index (χ4n) is 1.29. The normalized spacial score (nSPS) is 11.0. The molecule has 0 spiro atoms. The lowest BCUT2D eigenvalue weighted by Gasteiger charge is -2.09. The van der Waals surface area contributed by atoms with E-state index in [0.29, 0.717) is 18.5 Å². The molecular weight excluding hydrogens is 245 g/mol. The number of nitriles is 1. The molecule has 0 aromatic heterocycles. The summed E-state index contributed by atoms with van der Waals surface area (Å²) in [6, 6.07) is 8.89. The quantitative estimate of drug-likeness (QED) is 0.798. The molecule has 0 aliphatic carbocycles. The van der Waals surface area contributed by atoms with E-state index in [9.17, 15) is 13.2 Å². The van der Waals surface area contributed by atoms with Crippen LogP contribution in [0.2, 0.25) is 0 Å². The van der Waals surface area contributed by atoms with Crippen LogP contribution < -0.4 is 5.32 Å². The number of hydrogen-bond acceptors (Lipinski definition) is 3. The van der Waals surface area contributed by atoms with Crippen molar-refractivity contribution < 1.29 is 17.9 Å². The van der Waals surface area contributed by atoms with E-state index in [1.165, 1.54) is 0 Å². The first kappa shape index (κ1) is 14.3. The van der Waals surface area contributed by atoms with E-state index in [1.807, 2.05) is 6.07 Å². The molecule has 0 amide bonds. The Labute approximate surface area is 103 Å². The van der Waals surface area contributed by atoms with Crippen molar-refractivity contribution in [3.63, 3.8) is 0 Å². The van der Waals surface area contributed by atoms with Crippen LogP contribution in [0.25, 0.3) is 0 Å². The molecule has 0 aliphatic heterocycles. The standard InChI is InChI=1S/C12H13F3N2O/c13-12(14,15)9-18-6-2-5-17-11-4-1-3-10(7-11)8-16/h1,3-4,7,17H,2,5-6,9H2. The Kier molecular flexibility index (Phi) is 5.46. The molecule has 0 saturated carbocycles. The Morgan fingerprint density at radius 3 is 2.78 bits per heavy atom. The number of halogens is 3. The molecule has 0 heterocycles. The molecule has 0 fully saturated rings. The number of nitrogens with zero attached hydrogens (tertiary/aromatic N) is 1. The summed E-state index contributed by atoms with van der Waals surface area (Å²) in [4.78, 5) is 0. The molecule has 0 radical (unpaired) electrons. The predicted octanol–water partition coefficient (Wildman–Crippen LogP) is 2.94. The predicted molar refractivity (Wildman–Crippen MR) is 61.1 cm³/mol. The van der Waals surface area contributed by atoms with Crippen molar-refractivity contribution in [1.29, 1.82) is 5.26 Å². The third-order valence-electron chi connectivity index (χ3n) is 2.05. The van der Waals surface area contributed by atoms with Crippen molar-refractivity contribution in [2.45, 2.75) is 12.6 Å². The smallest absolute Gasteiger partial charge is 0.385 e. The lowest BCUT2D eigenvalue weighted by atomic mass is 10.2. The van der Waals surface area contributed by atoms with Gasteiger partial charge in [0.05, 0.1) is 11.6 Å². The summed E-state index contributed by atoms with van der Waals surface area (Å²) < 4.78 is 39.7. The molecule has 1 rings (SSSR count). The highest BCUT2D eigenvalue weighted by Crippen LogP contribution is 2.14. The van der Waals surface area contributed by atoms with Gasteiger partial charge in [0.2, 0.25) is 0 Å². The van der Waals surface area contributed by atoms with Gasteiger partial charge in [-0.15, -0.1) is 0 Å². The zero-order valence-electron chi connectivity index (χ0n) is 9.63. The zero-order valence-corrected chi connectivity index (χ0v) is 9.63. The Bertz CT molecular complexity index is 413. The second-order valence-corrected chi connectivity index (χ2v) is 3.64. The number of anilines is 1. The van der Waals surface area contributed by atoms with Gasteiger partial charge in [-0.2, -0.15) is 18.4 Å². The summed E-state index contributed by atoms with van der Waals surface area (Å²) in [6.45, 7) is -0.673. The minimum absolute atomic E-state index is 0.0461. The van der Waals surface area contributed by atoms with Crippen LogP contribution in [0.4, 0.5) is 18.9 Å². The topological polar surface area (TPSA) is 45.0 Å². The molecule has 0 bridgehead atoms. The van der Waals surface area contributed by atoms with E-state index >= 15 is 0 Å². The van der Waals surface area contributed by atoms with E-state index in [1.54, 1.807) is 24.3 Å². The molecule has 1 aromatic carbocycles. The van der Waals surface area contributed by atoms with E-state index in [0.717, 1.165) is 5.69 Å². The molecule has 0 atom stereocenters. The van der Waals surface area contributed by atoms with Gasteiger partial charge in [0, 0.05) is 18.8 Å². The van der Waals surface area contributed by atoms with E-state index in [4.69, 9.17) is 5.26 Å². The Morgan fingerprint density at radius 1 is 1.33 bits per heavy atom. The van der Waals surface area contributed by atoms with Gasteiger partial charge < -0.3 is 10.1 Å². The third-order valence-corrected chi connectivity index (χ3v) is 2.05. The van der Waals surface area contributed by atoms with Gasteiger partial charge in [0.15, 0.2) is 0 Å². The van der Waals surface area contributed by atoms with Gasteiger partial charge >= 0.3 is 6.18 Å². The molecule has 18 heavy (non-hydrogen) atoms. The second kappa shape index (κ2) is 6.87. The van der Waals surface area contributed by atoms with Crippen molar-refractivity contribution >= 4 is 5.69 Å². The molecule has 6 heteroatoms. The number of rotatable bonds is 6. The number of alkyl halides is 3. The first-order valence-corrected chi connectivity index (χ1v) is 5.40. The van der Waals surface area contributed by atoms with Crippen LogP contribution in [0, 0.1) is 11.3 Å². The highest BCUT2D eigenvalue weighted by Gasteiger charge is 2.27. The molecule has 0 unspecified atom stereocenters. The van der Waals surface area contributed by atoms with Crippen LogP contribution in [0.15, 0.2) is 24.3 Å². The summed E-state index contributed by atoms with van der Waals surface area (Å²) >= 11 is 0. The fourth-order valence-corrected chi connectivity index (χ4v) is 1.29. The second-order valence-electron chi connectivity index (χ2n) is 3.64. The SMILES string of the molecule is N#Cc1cccc(NCCCOCC(F)(F)F)c1. The minimum atomic E-state index is -4.27. The monoisotopic (exact) mass is 258 g/mol. The largest absolute Gasteiger partial charge is 0.411 e. The summed E-state index contributed by atoms with van der Waals surface area (Å²) in [5.41, 5.74) is 1.30. The highest BCUT2D eigenvalue weighted by atomic mass is 19.4. The van der Waals surface area contributed by atoms with Crippen molar-refractivity contribution in [2.75, 3.05) is 25.1 Å². The number of nitrogens with one attached hydrogen (secondary N) is 1. The summed E-state index contributed by atoms with van der Waals surface area (Å²) in [5.74, 6) is 0. The summed E-state index contributed by atoms with van der Waals surface area (Å²) in [5, 5.41) is 11.7. The molecule has 98 valence electrons. The minimum Gasteiger partial charge on any atom is -0.385 e. The first-order valence-electron chi connectivity index (χ1n) is 5.40.